The van der Waals surface area contributed by atoms with Crippen molar-refractivity contribution in [1.29, 1.82) is 0 Å². The molecule has 0 aliphatic heterocycles. The lowest BCUT2D eigenvalue weighted by molar-refractivity contribution is -0.339. The molecule has 3 N–H and O–H groups in total. The first-order chi connectivity index (χ1) is 13.6. The fourth-order valence-electron chi connectivity index (χ4n) is 3.67. The maximum absolute atomic E-state index is 12.0. The van der Waals surface area contributed by atoms with Gasteiger partial charge in [-0.15, -0.1) is 0 Å². The summed E-state index contributed by atoms with van der Waals surface area (Å²) in [6, 6.07) is -0.0593. The molecule has 3 rings (SSSR count). The lowest BCUT2D eigenvalue weighted by Gasteiger charge is -2.37. The zero-order valence-corrected chi connectivity index (χ0v) is 17.1. The van der Waals surface area contributed by atoms with Gasteiger partial charge in [0, 0.05) is 17.7 Å². The smallest absolute Gasteiger partial charge is 0.328 e. The highest BCUT2D eigenvalue weighted by atomic mass is 31.3. The molecule has 0 amide bonds. The van der Waals surface area contributed by atoms with Gasteiger partial charge in [-0.2, -0.15) is 0 Å². The molecule has 2 aliphatic rings. The van der Waals surface area contributed by atoms with Gasteiger partial charge in [0.15, 0.2) is 0 Å². The second kappa shape index (κ2) is 7.55. The van der Waals surface area contributed by atoms with Crippen molar-refractivity contribution >= 4 is 23.5 Å². The molecule has 30 heavy (non-hydrogen) atoms. The molecule has 2 saturated carbocycles. The molecule has 7 atom stereocenters. The summed E-state index contributed by atoms with van der Waals surface area (Å²) in [6.45, 7) is -0.905. The molecule has 1 aromatic heterocycles. The zero-order chi connectivity index (χ0) is 22.7. The van der Waals surface area contributed by atoms with Crippen molar-refractivity contribution in [3.05, 3.63) is 33.1 Å². The number of nitrogens with zero attached hydrogens (tertiary/aromatic N) is 1. The molecule has 0 saturated heterocycles. The van der Waals surface area contributed by atoms with E-state index in [1.54, 1.807) is 0 Å². The third-order valence-electron chi connectivity index (χ3n) is 4.92. The van der Waals surface area contributed by atoms with Crippen LogP contribution in [0.25, 0.3) is 0 Å². The van der Waals surface area contributed by atoms with E-state index in [-0.39, 0.29) is 6.42 Å². The molecule has 170 valence electrons. The van der Waals surface area contributed by atoms with Crippen LogP contribution in [0.15, 0.2) is 21.9 Å². The number of phosphoric acid groups is 3. The van der Waals surface area contributed by atoms with E-state index in [1.807, 2.05) is 4.98 Å². The molecular weight excluding hydrogens is 477 g/mol. The highest BCUT2D eigenvalue weighted by Gasteiger charge is 2.71. The lowest BCUT2D eigenvalue weighted by atomic mass is 10.0. The Bertz CT molecular complexity index is 1090. The van der Waals surface area contributed by atoms with Gasteiger partial charge in [-0.05, 0) is 12.3 Å². The van der Waals surface area contributed by atoms with E-state index < -0.39 is 70.9 Å². The van der Waals surface area contributed by atoms with E-state index in [1.165, 1.54) is 0 Å². The van der Waals surface area contributed by atoms with Crippen LogP contribution in [0, 0.1) is 11.3 Å². The van der Waals surface area contributed by atoms with Gasteiger partial charge in [-0.25, -0.2) is 9.11 Å². The monoisotopic (exact) mass is 490 g/mol. The Morgan fingerprint density at radius 3 is 2.33 bits per heavy atom. The second-order valence-corrected chi connectivity index (χ2v) is 11.0. The van der Waals surface area contributed by atoms with Crippen molar-refractivity contribution in [2.75, 3.05) is 6.61 Å². The topological polar surface area (TPSA) is 266 Å². The van der Waals surface area contributed by atoms with Crippen LogP contribution in [0.1, 0.15) is 12.5 Å². The number of fused-ring (bicyclic) bond motifs is 1. The van der Waals surface area contributed by atoms with E-state index in [4.69, 9.17) is 0 Å². The number of aromatic amines is 1. The van der Waals surface area contributed by atoms with Crippen molar-refractivity contribution < 1.29 is 56.6 Å². The number of phosphoric ester groups is 1. The number of hydrogen-bond donors (Lipinski definition) is 3. The van der Waals surface area contributed by atoms with Crippen LogP contribution in [0.3, 0.4) is 0 Å². The van der Waals surface area contributed by atoms with Crippen LogP contribution in [0.5, 0.6) is 0 Å². The van der Waals surface area contributed by atoms with Crippen LogP contribution in [-0.2, 0) is 26.8 Å². The van der Waals surface area contributed by atoms with Gasteiger partial charge >= 0.3 is 5.69 Å². The first-order valence-electron chi connectivity index (χ1n) is 7.96. The van der Waals surface area contributed by atoms with Gasteiger partial charge < -0.3 is 38.9 Å². The second-order valence-electron chi connectivity index (χ2n) is 6.77. The Labute approximate surface area is 166 Å². The minimum atomic E-state index is -6.13. The Kier molecular flexibility index (Phi) is 5.96. The van der Waals surface area contributed by atoms with Crippen molar-refractivity contribution in [3.63, 3.8) is 0 Å². The van der Waals surface area contributed by atoms with Gasteiger partial charge in [-0.1, -0.05) is 0 Å². The van der Waals surface area contributed by atoms with Crippen molar-refractivity contribution in [3.8, 4) is 0 Å². The summed E-state index contributed by atoms with van der Waals surface area (Å²) in [7, 11) is -18.0. The highest BCUT2D eigenvalue weighted by Crippen LogP contribution is 2.69. The average Bonchev–Trinajstić information content (AvgIpc) is 3.21. The number of aliphatic hydroxyl groups is 2. The Morgan fingerprint density at radius 2 is 1.77 bits per heavy atom. The van der Waals surface area contributed by atoms with Crippen molar-refractivity contribution in [2.45, 2.75) is 24.7 Å². The zero-order valence-electron chi connectivity index (χ0n) is 14.5. The van der Waals surface area contributed by atoms with E-state index in [0.29, 0.717) is 0 Å². The first kappa shape index (κ1) is 23.7. The number of rotatable bonds is 8. The quantitative estimate of drug-likeness (QED) is 0.291. The van der Waals surface area contributed by atoms with Crippen LogP contribution in [0.4, 0.5) is 0 Å². The average molecular weight is 490 g/mol. The van der Waals surface area contributed by atoms with E-state index in [0.717, 1.165) is 16.8 Å². The third kappa shape index (κ3) is 4.75. The molecule has 2 fully saturated rings. The Hall–Kier alpha value is -0.990. The summed E-state index contributed by atoms with van der Waals surface area (Å²) in [5, 5.41) is 20.6. The largest absolute Gasteiger partial charge is 0.790 e. The molecule has 0 radical (unpaired) electrons. The summed E-state index contributed by atoms with van der Waals surface area (Å²) < 4.78 is 45.0. The maximum atomic E-state index is 12.0. The molecule has 0 bridgehead atoms. The summed E-state index contributed by atoms with van der Waals surface area (Å²) in [5.74, 6) is -0.704. The fraction of sp³-hybridized carbons (Fsp3) is 0.636. The molecule has 0 spiro atoms. The van der Waals surface area contributed by atoms with Gasteiger partial charge in [0.25, 0.3) is 21.2 Å². The molecule has 19 heteroatoms. The molecule has 1 aromatic rings. The summed E-state index contributed by atoms with van der Waals surface area (Å²) in [6.07, 6.45) is -2.05. The van der Waals surface area contributed by atoms with E-state index in [9.17, 15) is 53.1 Å². The number of H-pyrrole nitrogens is 1. The number of aliphatic hydroxyl groups excluding tert-OH is 2. The van der Waals surface area contributed by atoms with E-state index >= 15 is 0 Å². The minimum absolute atomic E-state index is 0.0450. The van der Waals surface area contributed by atoms with E-state index in [2.05, 4.69) is 13.1 Å². The first-order valence-corrected chi connectivity index (χ1v) is 12.3. The SMILES string of the molecule is O=c1ccn([C@H]2[C@@H](O)C(O)[C@]3(COP(=O)([O-])OP(=O)([O-])OP(=O)([O-])[O-])C[C@@H]23)c(=O)[nH]1. The van der Waals surface area contributed by atoms with Crippen LogP contribution >= 0.6 is 23.5 Å². The predicted molar refractivity (Wildman–Crippen MR) is 83.9 cm³/mol. The summed E-state index contributed by atoms with van der Waals surface area (Å²) >= 11 is 0. The summed E-state index contributed by atoms with van der Waals surface area (Å²) in [5.41, 5.74) is -3.00. The number of nitrogens with one attached hydrogen (secondary N) is 1. The lowest BCUT2D eigenvalue weighted by Crippen LogP contribution is -2.40. The van der Waals surface area contributed by atoms with Gasteiger partial charge in [0.1, 0.15) is 6.10 Å². The highest BCUT2D eigenvalue weighted by molar-refractivity contribution is 7.64. The Morgan fingerprint density at radius 1 is 1.13 bits per heavy atom. The molecular formula is C11H13N2O14P3-4. The Balaban J connectivity index is 1.73. The maximum Gasteiger partial charge on any atom is 0.328 e. The third-order valence-corrected chi connectivity index (χ3v) is 8.56. The molecule has 0 aromatic carbocycles. The molecule has 3 unspecified atom stereocenters. The van der Waals surface area contributed by atoms with Gasteiger partial charge in [-0.3, -0.25) is 27.8 Å². The molecule has 16 nitrogen and oxygen atoms in total. The van der Waals surface area contributed by atoms with Gasteiger partial charge in [0.05, 0.1) is 26.6 Å². The molecule has 1 heterocycles. The van der Waals surface area contributed by atoms with Crippen molar-refractivity contribution in [1.82, 2.24) is 9.55 Å². The summed E-state index contributed by atoms with van der Waals surface area (Å²) in [4.78, 5) is 68.6. The fourth-order valence-corrected chi connectivity index (χ4v) is 6.60. The predicted octanol–water partition coefficient (Wildman–Crippen LogP) is -4.37. The normalized spacial score (nSPS) is 34.7. The van der Waals surface area contributed by atoms with Crippen LogP contribution < -0.4 is 30.8 Å². The van der Waals surface area contributed by atoms with Crippen LogP contribution in [0.2, 0.25) is 0 Å². The van der Waals surface area contributed by atoms with Crippen LogP contribution in [-0.4, -0.2) is 38.6 Å². The number of hydrogen-bond acceptors (Lipinski definition) is 14. The standard InChI is InChI=1S/C11H17N2O14P3/c14-6-1-2-13(10(17)12-6)7-5-3-11(5,9(16)8(7)15)4-25-29(21,22)27-30(23,24)26-28(18,19)20/h1-2,5,7-9,15-16H,3-4H2,(H,21,22)(H,23,24)(H,12,14,17)(H2,18,19,20)/p-4/t5-,7+,8+,9?,11-/m0/s1. The number of aromatic nitrogens is 2. The molecule has 2 aliphatic carbocycles. The minimum Gasteiger partial charge on any atom is -0.790 e. The van der Waals surface area contributed by atoms with Crippen molar-refractivity contribution in [2.24, 2.45) is 11.3 Å². The van der Waals surface area contributed by atoms with Gasteiger partial charge in [0.2, 0.25) is 0 Å².